The molecule has 2 aromatic carbocycles. The lowest BCUT2D eigenvalue weighted by atomic mass is 9.98. The van der Waals surface area contributed by atoms with Gasteiger partial charge in [-0.2, -0.15) is 0 Å². The largest absolute Gasteiger partial charge is 0.321 e. The van der Waals surface area contributed by atoms with Crippen molar-refractivity contribution in [3.8, 4) is 0 Å². The third-order valence-corrected chi connectivity index (χ3v) is 5.92. The van der Waals surface area contributed by atoms with Gasteiger partial charge in [-0.05, 0) is 24.1 Å². The van der Waals surface area contributed by atoms with Gasteiger partial charge in [0.25, 0.3) is 11.8 Å². The number of aromatic nitrogens is 2. The molecule has 156 valence electrons. The number of amides is 2. The van der Waals surface area contributed by atoms with Crippen molar-refractivity contribution in [2.24, 2.45) is 4.99 Å². The van der Waals surface area contributed by atoms with Crippen LogP contribution in [0.3, 0.4) is 0 Å². The molecule has 6 rings (SSSR count). The minimum Gasteiger partial charge on any atom is -0.321 e. The van der Waals surface area contributed by atoms with Gasteiger partial charge in [-0.15, -0.1) is 0 Å². The molecule has 2 aliphatic heterocycles. The van der Waals surface area contributed by atoms with Gasteiger partial charge in [0.2, 0.25) is 6.17 Å². The monoisotopic (exact) mass is 421 g/mol. The molecular formula is C25H19N5O2. The van der Waals surface area contributed by atoms with Crippen LogP contribution in [0.2, 0.25) is 0 Å². The molecule has 2 aliphatic rings. The molecule has 1 atom stereocenters. The molecule has 0 saturated carbocycles. The standard InChI is InChI=1S/C25H19N5O2/c31-24(19-15-29-13-5-4-11-20(29)26-19)28-23-25(32)30-14-12-17-9-6-10-18(22(17)30)21(27-23)16-7-2-1-3-8-16/h1-11,13,15,23H,12,14H2,(H,28,31). The lowest BCUT2D eigenvalue weighted by Gasteiger charge is -2.20. The molecule has 2 amide bonds. The number of aliphatic imine (C=N–C) groups is 1. The average molecular weight is 421 g/mol. The van der Waals surface area contributed by atoms with Crippen LogP contribution in [0.15, 0.2) is 84.1 Å². The summed E-state index contributed by atoms with van der Waals surface area (Å²) in [7, 11) is 0. The summed E-state index contributed by atoms with van der Waals surface area (Å²) in [5.74, 6) is -0.673. The highest BCUT2D eigenvalue weighted by atomic mass is 16.2. The number of pyridine rings is 1. The topological polar surface area (TPSA) is 79.1 Å². The first-order valence-corrected chi connectivity index (χ1v) is 10.5. The summed E-state index contributed by atoms with van der Waals surface area (Å²) in [6, 6.07) is 21.3. The fraction of sp³-hybridized carbons (Fsp3) is 0.120. The molecule has 0 aliphatic carbocycles. The zero-order valence-corrected chi connectivity index (χ0v) is 17.1. The Labute approximate surface area is 184 Å². The Bertz CT molecular complexity index is 1370. The van der Waals surface area contributed by atoms with Gasteiger partial charge in [0.05, 0.1) is 11.4 Å². The maximum atomic E-state index is 13.5. The van der Waals surface area contributed by atoms with E-state index in [1.807, 2.05) is 72.9 Å². The van der Waals surface area contributed by atoms with Crippen LogP contribution in [-0.4, -0.2) is 39.6 Å². The van der Waals surface area contributed by atoms with E-state index in [1.165, 1.54) is 0 Å². The Morgan fingerprint density at radius 3 is 2.69 bits per heavy atom. The molecule has 4 heterocycles. The zero-order chi connectivity index (χ0) is 21.7. The third kappa shape index (κ3) is 2.90. The predicted molar refractivity (Wildman–Crippen MR) is 121 cm³/mol. The SMILES string of the molecule is O=C(NC1N=C(c2ccccc2)c2cccc3c2N(CC3)C1=O)c1cn2ccccc2n1. The molecule has 32 heavy (non-hydrogen) atoms. The zero-order valence-electron chi connectivity index (χ0n) is 17.1. The van der Waals surface area contributed by atoms with Gasteiger partial charge in [0.1, 0.15) is 11.3 Å². The first-order chi connectivity index (χ1) is 15.7. The van der Waals surface area contributed by atoms with Gasteiger partial charge in [-0.25, -0.2) is 9.98 Å². The van der Waals surface area contributed by atoms with Crippen molar-refractivity contribution >= 4 is 28.9 Å². The second-order valence-corrected chi connectivity index (χ2v) is 7.87. The van der Waals surface area contributed by atoms with Crippen LogP contribution < -0.4 is 10.2 Å². The molecule has 1 unspecified atom stereocenters. The molecule has 2 aromatic heterocycles. The highest BCUT2D eigenvalue weighted by molar-refractivity contribution is 6.21. The van der Waals surface area contributed by atoms with Crippen LogP contribution in [0.25, 0.3) is 5.65 Å². The number of carbonyl (C=O) groups excluding carboxylic acids is 2. The number of hydrogen-bond acceptors (Lipinski definition) is 4. The summed E-state index contributed by atoms with van der Waals surface area (Å²) < 4.78 is 1.77. The maximum absolute atomic E-state index is 13.5. The van der Waals surface area contributed by atoms with Crippen LogP contribution in [0.1, 0.15) is 27.2 Å². The highest BCUT2D eigenvalue weighted by Crippen LogP contribution is 2.36. The lowest BCUT2D eigenvalue weighted by Crippen LogP contribution is -2.47. The Balaban J connectivity index is 1.43. The number of rotatable bonds is 3. The molecule has 0 saturated heterocycles. The van der Waals surface area contributed by atoms with Crippen molar-refractivity contribution in [3.05, 3.63) is 102 Å². The molecule has 0 fully saturated rings. The van der Waals surface area contributed by atoms with Gasteiger partial charge in [0.15, 0.2) is 0 Å². The van der Waals surface area contributed by atoms with E-state index in [4.69, 9.17) is 4.99 Å². The number of nitrogens with zero attached hydrogens (tertiary/aromatic N) is 4. The maximum Gasteiger partial charge on any atom is 0.273 e. The summed E-state index contributed by atoms with van der Waals surface area (Å²) in [4.78, 5) is 37.4. The number of carbonyl (C=O) groups is 2. The number of para-hydroxylation sites is 1. The highest BCUT2D eigenvalue weighted by Gasteiger charge is 2.37. The minimum absolute atomic E-state index is 0.237. The normalized spacial score (nSPS) is 17.1. The van der Waals surface area contributed by atoms with Gasteiger partial charge in [-0.1, -0.05) is 54.6 Å². The number of benzene rings is 2. The van der Waals surface area contributed by atoms with Gasteiger partial charge in [-0.3, -0.25) is 9.59 Å². The summed E-state index contributed by atoms with van der Waals surface area (Å²) in [5, 5.41) is 2.81. The fourth-order valence-electron chi connectivity index (χ4n) is 4.43. The van der Waals surface area contributed by atoms with E-state index in [2.05, 4.69) is 10.3 Å². The van der Waals surface area contributed by atoms with E-state index in [-0.39, 0.29) is 11.6 Å². The summed E-state index contributed by atoms with van der Waals surface area (Å²) in [5.41, 5.74) is 5.41. The number of fused-ring (bicyclic) bond motifs is 1. The lowest BCUT2D eigenvalue weighted by molar-refractivity contribution is -0.120. The number of anilines is 1. The number of hydrogen-bond donors (Lipinski definition) is 1. The van der Waals surface area contributed by atoms with Crippen molar-refractivity contribution in [3.63, 3.8) is 0 Å². The first kappa shape index (κ1) is 18.5. The molecular weight excluding hydrogens is 402 g/mol. The van der Waals surface area contributed by atoms with E-state index in [9.17, 15) is 9.59 Å². The van der Waals surface area contributed by atoms with Crippen molar-refractivity contribution in [1.82, 2.24) is 14.7 Å². The van der Waals surface area contributed by atoms with Crippen LogP contribution in [0, 0.1) is 0 Å². The van der Waals surface area contributed by atoms with Crippen LogP contribution in [-0.2, 0) is 11.2 Å². The Morgan fingerprint density at radius 2 is 1.84 bits per heavy atom. The van der Waals surface area contributed by atoms with Crippen molar-refractivity contribution < 1.29 is 9.59 Å². The first-order valence-electron chi connectivity index (χ1n) is 10.5. The minimum atomic E-state index is -1.04. The fourth-order valence-corrected chi connectivity index (χ4v) is 4.43. The van der Waals surface area contributed by atoms with Crippen molar-refractivity contribution in [1.29, 1.82) is 0 Å². The molecule has 1 N–H and O–H groups in total. The van der Waals surface area contributed by atoms with Gasteiger partial charge in [0, 0.05) is 30.1 Å². The molecule has 7 nitrogen and oxygen atoms in total. The molecule has 0 spiro atoms. The van der Waals surface area contributed by atoms with E-state index in [0.29, 0.717) is 17.9 Å². The Kier molecular flexibility index (Phi) is 4.14. The van der Waals surface area contributed by atoms with Crippen LogP contribution in [0.5, 0.6) is 0 Å². The van der Waals surface area contributed by atoms with E-state index in [1.54, 1.807) is 15.5 Å². The van der Waals surface area contributed by atoms with Crippen LogP contribution in [0.4, 0.5) is 5.69 Å². The van der Waals surface area contributed by atoms with Crippen molar-refractivity contribution in [2.75, 3.05) is 11.4 Å². The molecule has 0 radical (unpaired) electrons. The second-order valence-electron chi connectivity index (χ2n) is 7.87. The quantitative estimate of drug-likeness (QED) is 0.553. The second kappa shape index (κ2) is 7.16. The summed E-state index contributed by atoms with van der Waals surface area (Å²) in [6.07, 6.45) is 3.21. The Morgan fingerprint density at radius 1 is 1.00 bits per heavy atom. The van der Waals surface area contributed by atoms with Crippen molar-refractivity contribution in [2.45, 2.75) is 12.6 Å². The smallest absolute Gasteiger partial charge is 0.273 e. The number of nitrogens with one attached hydrogen (secondary N) is 1. The van der Waals surface area contributed by atoms with Crippen LogP contribution >= 0.6 is 0 Å². The van der Waals surface area contributed by atoms with Gasteiger partial charge >= 0.3 is 0 Å². The molecule has 4 aromatic rings. The average Bonchev–Trinajstić information content (AvgIpc) is 3.43. The molecule has 7 heteroatoms. The predicted octanol–water partition coefficient (Wildman–Crippen LogP) is 2.83. The summed E-state index contributed by atoms with van der Waals surface area (Å²) >= 11 is 0. The summed E-state index contributed by atoms with van der Waals surface area (Å²) in [6.45, 7) is 0.573. The molecule has 0 bridgehead atoms. The van der Waals surface area contributed by atoms with E-state index in [0.717, 1.165) is 28.8 Å². The third-order valence-electron chi connectivity index (χ3n) is 5.92. The van der Waals surface area contributed by atoms with E-state index < -0.39 is 12.1 Å². The Hall–Kier alpha value is -4.26. The van der Waals surface area contributed by atoms with Gasteiger partial charge < -0.3 is 14.6 Å². The number of imidazole rings is 1. The van der Waals surface area contributed by atoms with E-state index >= 15 is 0 Å².